The molecule has 4 nitrogen and oxygen atoms in total. The predicted molar refractivity (Wildman–Crippen MR) is 28.0 cm³/mol. The zero-order valence-electron chi connectivity index (χ0n) is 5.83. The van der Waals surface area contributed by atoms with Crippen LogP contribution in [0.5, 0.6) is 0 Å². The van der Waals surface area contributed by atoms with Crippen molar-refractivity contribution < 1.29 is 48.2 Å². The van der Waals surface area contributed by atoms with Gasteiger partial charge in [-0.25, -0.2) is 0 Å². The normalized spacial score (nSPS) is 15.0. The van der Waals surface area contributed by atoms with Gasteiger partial charge >= 0.3 is 29.6 Å². The Balaban J connectivity index is 0. The van der Waals surface area contributed by atoms with Crippen LogP contribution in [0.4, 0.5) is 0 Å². The monoisotopic (exact) mass is 173 g/mol. The van der Waals surface area contributed by atoms with Gasteiger partial charge in [0.25, 0.3) is 0 Å². The first kappa shape index (κ1) is 13.2. The van der Waals surface area contributed by atoms with Crippen molar-refractivity contribution in [3.8, 4) is 0 Å². The second kappa shape index (κ2) is 6.30. The van der Waals surface area contributed by atoms with Crippen molar-refractivity contribution in [1.29, 1.82) is 0 Å². The first-order valence-electron chi connectivity index (χ1n) is 2.30. The smallest absolute Gasteiger partial charge is 0.772 e. The molecule has 0 rings (SSSR count). The summed E-state index contributed by atoms with van der Waals surface area (Å²) in [5, 5.41) is 9.85. The van der Waals surface area contributed by atoms with Gasteiger partial charge in [-0.15, -0.1) is 0 Å². The molecule has 0 spiro atoms. The summed E-state index contributed by atoms with van der Waals surface area (Å²) >= 11 is -2.29. The number of carbonyl (C=O) groups is 1. The van der Waals surface area contributed by atoms with E-state index in [9.17, 15) is 18.7 Å². The van der Waals surface area contributed by atoms with Crippen LogP contribution in [0.15, 0.2) is 0 Å². The number of hydrogen-bond donors (Lipinski definition) is 0. The van der Waals surface area contributed by atoms with E-state index in [4.69, 9.17) is 0 Å². The summed E-state index contributed by atoms with van der Waals surface area (Å²) < 4.78 is 19.6. The fourth-order valence-electron chi connectivity index (χ4n) is 0.272. The van der Waals surface area contributed by atoms with Crippen molar-refractivity contribution in [3.05, 3.63) is 0 Å². The van der Waals surface area contributed by atoms with Gasteiger partial charge in [0, 0.05) is 17.6 Å². The SMILES string of the molecule is CC(CS(=O)[O-])C(=O)[O-].[Na+]. The quantitative estimate of drug-likeness (QED) is 0.317. The Morgan fingerprint density at radius 1 is 1.70 bits per heavy atom. The number of carbonyl (C=O) groups excluding carboxylic acids is 1. The molecule has 0 bridgehead atoms. The van der Waals surface area contributed by atoms with Crippen molar-refractivity contribution in [3.63, 3.8) is 0 Å². The second-order valence-corrected chi connectivity index (χ2v) is 2.63. The molecule has 0 saturated heterocycles. The summed E-state index contributed by atoms with van der Waals surface area (Å²) in [5.41, 5.74) is 0. The third-order valence-corrected chi connectivity index (χ3v) is 1.56. The molecule has 0 fully saturated rings. The number of aliphatic carboxylic acids is 1. The largest absolute Gasteiger partial charge is 1.00 e. The van der Waals surface area contributed by atoms with Crippen LogP contribution in [0, 0.1) is 5.92 Å². The van der Waals surface area contributed by atoms with Crippen molar-refractivity contribution in [2.24, 2.45) is 5.92 Å². The molecule has 2 unspecified atom stereocenters. The summed E-state index contributed by atoms with van der Waals surface area (Å²) in [4.78, 5) is 9.85. The molecule has 6 heteroatoms. The molecule has 0 heterocycles. The Bertz CT molecular complexity index is 137. The molecule has 0 N–H and O–H groups in total. The molecule has 0 aliphatic heterocycles. The van der Waals surface area contributed by atoms with E-state index >= 15 is 0 Å². The minimum Gasteiger partial charge on any atom is -0.772 e. The number of carboxylic acid groups (broad SMARTS) is 1. The molecular weight excluding hydrogens is 167 g/mol. The summed E-state index contributed by atoms with van der Waals surface area (Å²) in [6.07, 6.45) is 0. The van der Waals surface area contributed by atoms with Crippen LogP contribution in [0.1, 0.15) is 6.92 Å². The van der Waals surface area contributed by atoms with E-state index in [0.29, 0.717) is 0 Å². The molecule has 0 aromatic rings. The van der Waals surface area contributed by atoms with Crippen LogP contribution in [0.2, 0.25) is 0 Å². The Morgan fingerprint density at radius 2 is 2.10 bits per heavy atom. The molecular formula is C4H6NaO4S-. The first-order valence-corrected chi connectivity index (χ1v) is 3.55. The van der Waals surface area contributed by atoms with Gasteiger partial charge in [-0.1, -0.05) is 18.0 Å². The Hall–Kier alpha value is 0.580. The second-order valence-electron chi connectivity index (χ2n) is 1.69. The third-order valence-electron chi connectivity index (χ3n) is 0.788. The van der Waals surface area contributed by atoms with Crippen LogP contribution in [-0.4, -0.2) is 20.5 Å². The van der Waals surface area contributed by atoms with Gasteiger partial charge < -0.3 is 14.5 Å². The van der Waals surface area contributed by atoms with Crippen LogP contribution in [0.3, 0.4) is 0 Å². The van der Waals surface area contributed by atoms with Gasteiger partial charge in [0.2, 0.25) is 0 Å². The number of hydrogen-bond acceptors (Lipinski definition) is 4. The van der Waals surface area contributed by atoms with Crippen molar-refractivity contribution >= 4 is 17.0 Å². The van der Waals surface area contributed by atoms with Gasteiger partial charge in [-0.05, 0) is 0 Å². The standard InChI is InChI=1S/C4H8O4S.Na/c1-3(4(5)6)2-9(7)8;/h3H,2H2,1H3,(H,5,6)(H,7,8);/q;+1/p-2. The van der Waals surface area contributed by atoms with Gasteiger partial charge in [-0.2, -0.15) is 0 Å². The fourth-order valence-corrected chi connectivity index (χ4v) is 0.816. The van der Waals surface area contributed by atoms with E-state index in [1.165, 1.54) is 6.92 Å². The third kappa shape index (κ3) is 6.70. The Morgan fingerprint density at radius 3 is 2.20 bits per heavy atom. The van der Waals surface area contributed by atoms with E-state index in [1.807, 2.05) is 0 Å². The van der Waals surface area contributed by atoms with E-state index in [-0.39, 0.29) is 35.3 Å². The molecule has 2 atom stereocenters. The van der Waals surface area contributed by atoms with Gasteiger partial charge in [-0.3, -0.25) is 4.21 Å². The zero-order chi connectivity index (χ0) is 7.44. The molecule has 0 amide bonds. The van der Waals surface area contributed by atoms with Crippen molar-refractivity contribution in [2.75, 3.05) is 5.75 Å². The average Bonchev–Trinajstić information content (AvgIpc) is 1.63. The van der Waals surface area contributed by atoms with Crippen LogP contribution < -0.4 is 34.7 Å². The summed E-state index contributed by atoms with van der Waals surface area (Å²) in [5.74, 6) is -2.62. The van der Waals surface area contributed by atoms with Crippen molar-refractivity contribution in [2.45, 2.75) is 6.92 Å². The molecule has 10 heavy (non-hydrogen) atoms. The van der Waals surface area contributed by atoms with E-state index in [2.05, 4.69) is 0 Å². The Kier molecular flexibility index (Phi) is 8.31. The minimum absolute atomic E-state index is 0. The predicted octanol–water partition coefficient (Wildman–Crippen LogP) is -4.74. The maximum absolute atomic E-state index is 9.85. The van der Waals surface area contributed by atoms with Gasteiger partial charge in [0.1, 0.15) is 0 Å². The maximum Gasteiger partial charge on any atom is 1.00 e. The van der Waals surface area contributed by atoms with Gasteiger partial charge in [0.05, 0.1) is 0 Å². The summed E-state index contributed by atoms with van der Waals surface area (Å²) in [7, 11) is 0. The summed E-state index contributed by atoms with van der Waals surface area (Å²) in [6, 6.07) is 0. The summed E-state index contributed by atoms with van der Waals surface area (Å²) in [6.45, 7) is 1.28. The van der Waals surface area contributed by atoms with E-state index in [1.54, 1.807) is 0 Å². The molecule has 0 aliphatic rings. The average molecular weight is 173 g/mol. The van der Waals surface area contributed by atoms with Crippen LogP contribution >= 0.6 is 0 Å². The van der Waals surface area contributed by atoms with Crippen molar-refractivity contribution in [1.82, 2.24) is 0 Å². The maximum atomic E-state index is 9.85. The van der Waals surface area contributed by atoms with Crippen LogP contribution in [0.25, 0.3) is 0 Å². The molecule has 0 aliphatic carbocycles. The zero-order valence-corrected chi connectivity index (χ0v) is 8.64. The minimum atomic E-state index is -2.29. The molecule has 0 aromatic carbocycles. The van der Waals surface area contributed by atoms with E-state index < -0.39 is 23.0 Å². The topological polar surface area (TPSA) is 80.3 Å². The molecule has 0 aromatic heterocycles. The number of carboxylic acids is 1. The molecule has 0 saturated carbocycles. The van der Waals surface area contributed by atoms with Gasteiger partial charge in [0.15, 0.2) is 0 Å². The number of rotatable bonds is 3. The molecule has 54 valence electrons. The molecule has 0 radical (unpaired) electrons. The fraction of sp³-hybridized carbons (Fsp3) is 0.750. The Labute approximate surface area is 83.6 Å². The first-order chi connectivity index (χ1) is 4.04. The van der Waals surface area contributed by atoms with E-state index in [0.717, 1.165) is 0 Å². The van der Waals surface area contributed by atoms with Crippen LogP contribution in [-0.2, 0) is 15.9 Å².